The van der Waals surface area contributed by atoms with Gasteiger partial charge in [0.25, 0.3) is 0 Å². The molecule has 1 heterocycles. The molecule has 0 spiro atoms. The third-order valence-corrected chi connectivity index (χ3v) is 6.44. The molecule has 0 aliphatic heterocycles. The van der Waals surface area contributed by atoms with Gasteiger partial charge in [-0.15, -0.1) is 11.3 Å². The minimum absolute atomic E-state index is 0.295. The minimum atomic E-state index is -3.71. The Balaban J connectivity index is 2.12. The number of hydrogen-bond acceptors (Lipinski definition) is 5. The third kappa shape index (κ3) is 5.04. The van der Waals surface area contributed by atoms with Crippen molar-refractivity contribution in [2.24, 2.45) is 5.73 Å². The van der Waals surface area contributed by atoms with Crippen LogP contribution in [0.15, 0.2) is 42.5 Å². The van der Waals surface area contributed by atoms with Gasteiger partial charge in [-0.05, 0) is 24.6 Å². The number of carbonyl (C=O) groups excluding carboxylic acids is 2. The van der Waals surface area contributed by atoms with Crippen molar-refractivity contribution in [3.63, 3.8) is 0 Å². The summed E-state index contributed by atoms with van der Waals surface area (Å²) in [7, 11) is -3.71. The maximum absolute atomic E-state index is 12.2. The van der Waals surface area contributed by atoms with E-state index in [1.165, 1.54) is 6.92 Å². The van der Waals surface area contributed by atoms with Gasteiger partial charge in [-0.2, -0.15) is 0 Å². The van der Waals surface area contributed by atoms with Crippen molar-refractivity contribution >= 4 is 44.6 Å². The van der Waals surface area contributed by atoms with Gasteiger partial charge in [0, 0.05) is 4.88 Å². The van der Waals surface area contributed by atoms with E-state index in [9.17, 15) is 18.0 Å². The molecule has 0 aliphatic carbocycles. The van der Waals surface area contributed by atoms with Gasteiger partial charge < -0.3 is 11.1 Å². The van der Waals surface area contributed by atoms with Crippen LogP contribution in [0.5, 0.6) is 0 Å². The van der Waals surface area contributed by atoms with Crippen LogP contribution in [0.1, 0.15) is 17.4 Å². The van der Waals surface area contributed by atoms with Crippen molar-refractivity contribution in [1.29, 1.82) is 0 Å². The summed E-state index contributed by atoms with van der Waals surface area (Å²) in [6.45, 7) is 1.44. The lowest BCUT2D eigenvalue weighted by molar-refractivity contribution is -0.130. The topological polar surface area (TPSA) is 106 Å². The van der Waals surface area contributed by atoms with Gasteiger partial charge in [0.05, 0.1) is 10.1 Å². The number of hydrogen-bond donors (Lipinski definition) is 2. The number of thiophene rings is 1. The number of benzene rings is 1. The lowest BCUT2D eigenvalue weighted by atomic mass is 9.91. The van der Waals surface area contributed by atoms with E-state index in [2.05, 4.69) is 5.32 Å². The predicted octanol–water partition coefficient (Wildman–Crippen LogP) is 1.83. The first-order valence-corrected chi connectivity index (χ1v) is 10.2. The predicted molar refractivity (Wildman–Crippen MR) is 98.0 cm³/mol. The number of primary amides is 1. The summed E-state index contributed by atoms with van der Waals surface area (Å²) in [5.41, 5.74) is 4.40. The van der Waals surface area contributed by atoms with Crippen molar-refractivity contribution < 1.29 is 18.0 Å². The smallest absolute Gasteiger partial charge is 0.247 e. The largest absolute Gasteiger partial charge is 0.367 e. The molecule has 0 radical (unpaired) electrons. The van der Waals surface area contributed by atoms with E-state index in [1.54, 1.807) is 42.5 Å². The minimum Gasteiger partial charge on any atom is -0.367 e. The summed E-state index contributed by atoms with van der Waals surface area (Å²) < 4.78 is 24.9. The number of amides is 2. The number of carbonyl (C=O) groups is 2. The highest BCUT2D eigenvalue weighted by molar-refractivity contribution is 7.91. The van der Waals surface area contributed by atoms with Crippen LogP contribution in [0.3, 0.4) is 0 Å². The van der Waals surface area contributed by atoms with E-state index in [1.807, 2.05) is 0 Å². The summed E-state index contributed by atoms with van der Waals surface area (Å²) in [6.07, 6.45) is 0. The van der Waals surface area contributed by atoms with Crippen LogP contribution < -0.4 is 11.1 Å². The average molecular weight is 401 g/mol. The zero-order valence-electron chi connectivity index (χ0n) is 13.4. The number of nitrogens with two attached hydrogens (primary N) is 1. The van der Waals surface area contributed by atoms with Gasteiger partial charge in [-0.3, -0.25) is 9.59 Å². The number of sulfone groups is 1. The molecule has 3 N–H and O–H groups in total. The molecule has 1 aromatic carbocycles. The summed E-state index contributed by atoms with van der Waals surface area (Å²) in [5, 5.41) is 2.44. The highest BCUT2D eigenvalue weighted by atomic mass is 35.5. The second-order valence-corrected chi connectivity index (χ2v) is 9.51. The first kappa shape index (κ1) is 19.4. The van der Waals surface area contributed by atoms with Crippen LogP contribution >= 0.6 is 22.9 Å². The second kappa shape index (κ2) is 7.55. The maximum Gasteiger partial charge on any atom is 0.247 e. The fourth-order valence-electron chi connectivity index (χ4n) is 2.26. The molecule has 0 bridgehead atoms. The van der Waals surface area contributed by atoms with Gasteiger partial charge >= 0.3 is 0 Å². The van der Waals surface area contributed by atoms with Gasteiger partial charge in [0.1, 0.15) is 11.3 Å². The summed E-state index contributed by atoms with van der Waals surface area (Å²) in [6, 6.07) is 11.6. The van der Waals surface area contributed by atoms with Crippen molar-refractivity contribution in [3.05, 3.63) is 57.2 Å². The first-order valence-electron chi connectivity index (χ1n) is 7.23. The molecule has 25 heavy (non-hydrogen) atoms. The van der Waals surface area contributed by atoms with Crippen LogP contribution in [0.25, 0.3) is 0 Å². The maximum atomic E-state index is 12.2. The van der Waals surface area contributed by atoms with Crippen molar-refractivity contribution in [2.75, 3.05) is 5.75 Å². The fraction of sp³-hybridized carbons (Fsp3) is 0.250. The van der Waals surface area contributed by atoms with Crippen LogP contribution in [-0.4, -0.2) is 26.0 Å². The standard InChI is InChI=1S/C16H17ClN2O4S2/c1-16(15(18)21,11-5-3-2-4-6-11)19-14(20)10-25(22,23)9-12-7-8-13(17)24-12/h2-8H,9-10H2,1H3,(H2,18,21)(H,19,20). The molecule has 0 saturated carbocycles. The SMILES string of the molecule is CC(NC(=O)CS(=O)(=O)Cc1ccc(Cl)s1)(C(N)=O)c1ccccc1. The second-order valence-electron chi connectivity index (χ2n) is 5.64. The molecule has 2 aromatic rings. The Morgan fingerprint density at radius 3 is 2.36 bits per heavy atom. The van der Waals surface area contributed by atoms with E-state index in [4.69, 9.17) is 17.3 Å². The molecule has 2 amide bonds. The van der Waals surface area contributed by atoms with Crippen LogP contribution in [0.2, 0.25) is 4.34 Å². The van der Waals surface area contributed by atoms with Crippen molar-refractivity contribution in [3.8, 4) is 0 Å². The Hall–Kier alpha value is -1.90. The highest BCUT2D eigenvalue weighted by Crippen LogP contribution is 2.24. The molecule has 1 unspecified atom stereocenters. The molecule has 1 atom stereocenters. The number of halogens is 1. The molecular formula is C16H17ClN2O4S2. The molecule has 6 nitrogen and oxygen atoms in total. The fourth-order valence-corrected chi connectivity index (χ4v) is 5.02. The van der Waals surface area contributed by atoms with Gasteiger partial charge in [-0.1, -0.05) is 41.9 Å². The lowest BCUT2D eigenvalue weighted by Gasteiger charge is -2.28. The Labute approximate surface area is 154 Å². The van der Waals surface area contributed by atoms with Crippen LogP contribution in [-0.2, 0) is 30.7 Å². The monoisotopic (exact) mass is 400 g/mol. The zero-order valence-corrected chi connectivity index (χ0v) is 15.7. The highest BCUT2D eigenvalue weighted by Gasteiger charge is 2.35. The van der Waals surface area contributed by atoms with E-state index >= 15 is 0 Å². The van der Waals surface area contributed by atoms with E-state index in [0.29, 0.717) is 14.8 Å². The van der Waals surface area contributed by atoms with Gasteiger partial charge in [0.2, 0.25) is 11.8 Å². The van der Waals surface area contributed by atoms with Crippen LogP contribution in [0, 0.1) is 0 Å². The van der Waals surface area contributed by atoms with Gasteiger partial charge in [-0.25, -0.2) is 8.42 Å². The summed E-state index contributed by atoms with van der Waals surface area (Å²) in [5.74, 6) is -2.63. The van der Waals surface area contributed by atoms with Gasteiger partial charge in [0.15, 0.2) is 9.84 Å². The molecule has 134 valence electrons. The van der Waals surface area contributed by atoms with E-state index in [-0.39, 0.29) is 5.75 Å². The van der Waals surface area contributed by atoms with Crippen molar-refractivity contribution in [1.82, 2.24) is 5.32 Å². The van der Waals surface area contributed by atoms with E-state index < -0.39 is 32.9 Å². The first-order chi connectivity index (χ1) is 11.6. The van der Waals surface area contributed by atoms with Crippen molar-refractivity contribution in [2.45, 2.75) is 18.2 Å². The van der Waals surface area contributed by atoms with E-state index in [0.717, 1.165) is 11.3 Å². The van der Waals surface area contributed by atoms with Crippen LogP contribution in [0.4, 0.5) is 0 Å². The molecular weight excluding hydrogens is 384 g/mol. The quantitative estimate of drug-likeness (QED) is 0.739. The molecule has 1 aromatic heterocycles. The molecule has 0 saturated heterocycles. The Morgan fingerprint density at radius 1 is 1.20 bits per heavy atom. The number of nitrogens with one attached hydrogen (secondary N) is 1. The third-order valence-electron chi connectivity index (χ3n) is 3.58. The molecule has 0 aliphatic rings. The number of rotatable bonds is 7. The normalized spacial score (nSPS) is 13.8. The summed E-state index contributed by atoms with van der Waals surface area (Å²) in [4.78, 5) is 24.6. The lowest BCUT2D eigenvalue weighted by Crippen LogP contribution is -2.54. The molecule has 0 fully saturated rings. The molecule has 2 rings (SSSR count). The zero-order chi connectivity index (χ0) is 18.7. The Bertz CT molecular complexity index is 881. The Morgan fingerprint density at radius 2 is 1.84 bits per heavy atom. The summed E-state index contributed by atoms with van der Waals surface area (Å²) >= 11 is 6.91. The molecule has 9 heteroatoms. The Kier molecular flexibility index (Phi) is 5.87. The average Bonchev–Trinajstić information content (AvgIpc) is 2.91.